The molecule has 3 aromatic rings. The zero-order valence-electron chi connectivity index (χ0n) is 16.9. The van der Waals surface area contributed by atoms with Crippen molar-refractivity contribution in [3.05, 3.63) is 90.5 Å². The van der Waals surface area contributed by atoms with Crippen LogP contribution in [0.5, 0.6) is 0 Å². The van der Waals surface area contributed by atoms with Gasteiger partial charge in [0.25, 0.3) is 0 Å². The summed E-state index contributed by atoms with van der Waals surface area (Å²) in [4.78, 5) is 24.2. The van der Waals surface area contributed by atoms with E-state index in [4.69, 9.17) is 0 Å². The molecule has 0 aliphatic heterocycles. The number of rotatable bonds is 8. The normalized spacial score (nSPS) is 12.0. The predicted octanol–water partition coefficient (Wildman–Crippen LogP) is 3.17. The Hall–Kier alpha value is -3.49. The lowest BCUT2D eigenvalue weighted by molar-refractivity contribution is -0.117. The van der Waals surface area contributed by atoms with Gasteiger partial charge >= 0.3 is 0 Å². The van der Waals surface area contributed by atoms with Crippen LogP contribution >= 0.6 is 0 Å². The fourth-order valence-electron chi connectivity index (χ4n) is 2.96. The van der Waals surface area contributed by atoms with E-state index in [1.165, 1.54) is 19.1 Å². The average molecular weight is 438 g/mol. The molecule has 160 valence electrons. The summed E-state index contributed by atoms with van der Waals surface area (Å²) >= 11 is 0. The van der Waals surface area contributed by atoms with E-state index in [0.717, 1.165) is 5.56 Å². The van der Waals surface area contributed by atoms with Gasteiger partial charge in [-0.25, -0.2) is 8.42 Å². The number of carbonyl (C=O) groups excluding carboxylic acids is 2. The average Bonchev–Trinajstić information content (AvgIpc) is 2.75. The molecule has 0 aliphatic rings. The Labute approximate surface area is 181 Å². The third-order valence-corrected chi connectivity index (χ3v) is 5.91. The lowest BCUT2D eigenvalue weighted by Crippen LogP contribution is -2.45. The molecule has 3 N–H and O–H groups in total. The Kier molecular flexibility index (Phi) is 7.17. The smallest absolute Gasteiger partial charge is 0.242 e. The van der Waals surface area contributed by atoms with Crippen LogP contribution in [0.4, 0.5) is 11.4 Å². The number of hydrogen-bond acceptors (Lipinski definition) is 4. The summed E-state index contributed by atoms with van der Waals surface area (Å²) in [5, 5.41) is 5.38. The van der Waals surface area contributed by atoms with Crippen LogP contribution in [-0.2, 0) is 26.0 Å². The van der Waals surface area contributed by atoms with Crippen LogP contribution in [0.25, 0.3) is 0 Å². The number of amides is 2. The largest absolute Gasteiger partial charge is 0.326 e. The van der Waals surface area contributed by atoms with Gasteiger partial charge in [-0.05, 0) is 48.4 Å². The predicted molar refractivity (Wildman–Crippen MR) is 120 cm³/mol. The molecule has 0 radical (unpaired) electrons. The summed E-state index contributed by atoms with van der Waals surface area (Å²) in [7, 11) is -3.90. The van der Waals surface area contributed by atoms with Crippen LogP contribution in [0.1, 0.15) is 12.5 Å². The van der Waals surface area contributed by atoms with Crippen LogP contribution in [0.2, 0.25) is 0 Å². The second kappa shape index (κ2) is 10.0. The molecule has 0 bridgehead atoms. The highest BCUT2D eigenvalue weighted by atomic mass is 32.2. The van der Waals surface area contributed by atoms with Crippen molar-refractivity contribution in [2.45, 2.75) is 24.3 Å². The first-order valence-electron chi connectivity index (χ1n) is 9.63. The second-order valence-electron chi connectivity index (χ2n) is 6.92. The summed E-state index contributed by atoms with van der Waals surface area (Å²) < 4.78 is 28.1. The highest BCUT2D eigenvalue weighted by Gasteiger charge is 2.26. The molecule has 0 aliphatic carbocycles. The number of anilines is 2. The van der Waals surface area contributed by atoms with Crippen molar-refractivity contribution < 1.29 is 18.0 Å². The highest BCUT2D eigenvalue weighted by molar-refractivity contribution is 7.89. The van der Waals surface area contributed by atoms with Crippen molar-refractivity contribution in [2.75, 3.05) is 10.6 Å². The van der Waals surface area contributed by atoms with Crippen molar-refractivity contribution >= 4 is 33.2 Å². The van der Waals surface area contributed by atoms with Crippen molar-refractivity contribution in [3.63, 3.8) is 0 Å². The standard InChI is InChI=1S/C23H23N3O4S/c1-17(27)24-19-12-14-20(15-13-19)25-23(28)22(16-18-8-4-2-5-9-18)26-31(29,30)21-10-6-3-7-11-21/h2-15,22,26H,16H2,1H3,(H,24,27)(H,25,28)/t22-/m0/s1. The molecular weight excluding hydrogens is 414 g/mol. The SMILES string of the molecule is CC(=O)Nc1ccc(NC(=O)[C@H](Cc2ccccc2)NS(=O)(=O)c2ccccc2)cc1. The molecule has 3 aromatic carbocycles. The third kappa shape index (κ3) is 6.50. The minimum Gasteiger partial charge on any atom is -0.326 e. The summed E-state index contributed by atoms with van der Waals surface area (Å²) in [6, 6.07) is 22.6. The Morgan fingerprint density at radius 2 is 1.29 bits per heavy atom. The number of nitrogens with one attached hydrogen (secondary N) is 3. The van der Waals surface area contributed by atoms with Crippen LogP contribution in [-0.4, -0.2) is 26.3 Å². The van der Waals surface area contributed by atoms with Gasteiger partial charge in [0.1, 0.15) is 6.04 Å². The fourth-order valence-corrected chi connectivity index (χ4v) is 4.18. The molecule has 0 saturated carbocycles. The van der Waals surface area contributed by atoms with Crippen molar-refractivity contribution in [1.82, 2.24) is 4.72 Å². The van der Waals surface area contributed by atoms with E-state index in [2.05, 4.69) is 15.4 Å². The van der Waals surface area contributed by atoms with Crippen LogP contribution in [0.15, 0.2) is 89.8 Å². The van der Waals surface area contributed by atoms with Crippen molar-refractivity contribution in [2.24, 2.45) is 0 Å². The van der Waals surface area contributed by atoms with E-state index in [-0.39, 0.29) is 17.2 Å². The third-order valence-electron chi connectivity index (χ3n) is 4.42. The maximum absolute atomic E-state index is 13.0. The summed E-state index contributed by atoms with van der Waals surface area (Å²) in [5.41, 5.74) is 1.90. The summed E-state index contributed by atoms with van der Waals surface area (Å²) in [5.74, 6) is -0.689. The lowest BCUT2D eigenvalue weighted by Gasteiger charge is -2.19. The van der Waals surface area contributed by atoms with Gasteiger partial charge in [0.05, 0.1) is 4.90 Å². The molecule has 7 nitrogen and oxygen atoms in total. The molecule has 0 unspecified atom stereocenters. The van der Waals surface area contributed by atoms with Gasteiger partial charge < -0.3 is 10.6 Å². The minimum absolute atomic E-state index is 0.0838. The zero-order chi connectivity index (χ0) is 22.3. The second-order valence-corrected chi connectivity index (χ2v) is 8.64. The maximum Gasteiger partial charge on any atom is 0.242 e. The Balaban J connectivity index is 1.80. The molecule has 0 fully saturated rings. The quantitative estimate of drug-likeness (QED) is 0.503. The molecule has 8 heteroatoms. The topological polar surface area (TPSA) is 104 Å². The first-order chi connectivity index (χ1) is 14.8. The van der Waals surface area contributed by atoms with E-state index < -0.39 is 22.0 Å². The van der Waals surface area contributed by atoms with Gasteiger partial charge in [-0.2, -0.15) is 4.72 Å². The molecule has 0 saturated heterocycles. The molecule has 1 atom stereocenters. The van der Waals surface area contributed by atoms with Crippen molar-refractivity contribution in [1.29, 1.82) is 0 Å². The zero-order valence-corrected chi connectivity index (χ0v) is 17.7. The van der Waals surface area contributed by atoms with E-state index in [9.17, 15) is 18.0 Å². The highest BCUT2D eigenvalue weighted by Crippen LogP contribution is 2.16. The molecule has 31 heavy (non-hydrogen) atoms. The molecule has 0 spiro atoms. The fraction of sp³-hybridized carbons (Fsp3) is 0.130. The first-order valence-corrected chi connectivity index (χ1v) is 11.1. The van der Waals surface area contributed by atoms with Gasteiger partial charge in [-0.1, -0.05) is 48.5 Å². The maximum atomic E-state index is 13.0. The lowest BCUT2D eigenvalue weighted by atomic mass is 10.1. The number of benzene rings is 3. The summed E-state index contributed by atoms with van der Waals surface area (Å²) in [6.07, 6.45) is 0.183. The number of carbonyl (C=O) groups is 2. The van der Waals surface area contributed by atoms with Crippen LogP contribution in [0, 0.1) is 0 Å². The molecule has 2 amide bonds. The van der Waals surface area contributed by atoms with Gasteiger partial charge in [0.2, 0.25) is 21.8 Å². The van der Waals surface area contributed by atoms with Crippen LogP contribution in [0.3, 0.4) is 0 Å². The Morgan fingerprint density at radius 1 is 0.774 bits per heavy atom. The first kappa shape index (κ1) is 22.2. The minimum atomic E-state index is -3.90. The summed E-state index contributed by atoms with van der Waals surface area (Å²) in [6.45, 7) is 1.41. The number of hydrogen-bond donors (Lipinski definition) is 3. The van der Waals surface area contributed by atoms with E-state index in [1.807, 2.05) is 30.3 Å². The van der Waals surface area contributed by atoms with Crippen LogP contribution < -0.4 is 15.4 Å². The Morgan fingerprint density at radius 3 is 1.84 bits per heavy atom. The monoisotopic (exact) mass is 437 g/mol. The molecular formula is C23H23N3O4S. The van der Waals surface area contributed by atoms with E-state index >= 15 is 0 Å². The van der Waals surface area contributed by atoms with E-state index in [0.29, 0.717) is 11.4 Å². The van der Waals surface area contributed by atoms with E-state index in [1.54, 1.807) is 42.5 Å². The molecule has 0 heterocycles. The van der Waals surface area contributed by atoms with Gasteiger partial charge in [0, 0.05) is 18.3 Å². The molecule has 0 aromatic heterocycles. The van der Waals surface area contributed by atoms with Gasteiger partial charge in [-0.3, -0.25) is 9.59 Å². The van der Waals surface area contributed by atoms with Crippen molar-refractivity contribution in [3.8, 4) is 0 Å². The van der Waals surface area contributed by atoms with Gasteiger partial charge in [-0.15, -0.1) is 0 Å². The Bertz CT molecular complexity index is 1130. The number of sulfonamides is 1. The van der Waals surface area contributed by atoms with Gasteiger partial charge in [0.15, 0.2) is 0 Å². The molecule has 3 rings (SSSR count).